The molecule has 0 saturated carbocycles. The van der Waals surface area contributed by atoms with Crippen molar-refractivity contribution in [2.45, 2.75) is 51.9 Å². The Kier molecular flexibility index (Phi) is 7.85. The number of carbonyl (C=O) groups is 2. The highest BCUT2D eigenvalue weighted by Crippen LogP contribution is 2.21. The second kappa shape index (κ2) is 10.8. The number of amides is 2. The van der Waals surface area contributed by atoms with Gasteiger partial charge >= 0.3 is 0 Å². The Labute approximate surface area is 172 Å². The van der Waals surface area contributed by atoms with Crippen molar-refractivity contribution < 1.29 is 14.0 Å². The molecule has 0 bridgehead atoms. The molecule has 3 rings (SSSR count). The lowest BCUT2D eigenvalue weighted by Crippen LogP contribution is -2.43. The molecule has 0 spiro atoms. The Morgan fingerprint density at radius 1 is 1.17 bits per heavy atom. The number of piperidine rings is 1. The fourth-order valence-electron chi connectivity index (χ4n) is 3.66. The third-order valence-corrected chi connectivity index (χ3v) is 5.46. The van der Waals surface area contributed by atoms with Crippen molar-refractivity contribution in [3.8, 4) is 11.3 Å². The second-order valence-corrected chi connectivity index (χ2v) is 7.64. The van der Waals surface area contributed by atoms with E-state index >= 15 is 0 Å². The molecule has 29 heavy (non-hydrogen) atoms. The first-order valence-electron chi connectivity index (χ1n) is 10.7. The Balaban J connectivity index is 1.39. The average Bonchev–Trinajstić information content (AvgIpc) is 3.25. The maximum Gasteiger partial charge on any atom is 0.223 e. The zero-order valence-corrected chi connectivity index (χ0v) is 17.2. The van der Waals surface area contributed by atoms with Gasteiger partial charge in [-0.1, -0.05) is 50.1 Å². The van der Waals surface area contributed by atoms with E-state index in [0.717, 1.165) is 50.0 Å². The van der Waals surface area contributed by atoms with Gasteiger partial charge in [0.1, 0.15) is 0 Å². The molecule has 6 heteroatoms. The predicted molar refractivity (Wildman–Crippen MR) is 112 cm³/mol. The van der Waals surface area contributed by atoms with Crippen LogP contribution in [0.2, 0.25) is 0 Å². The number of likely N-dealkylation sites (tertiary alicyclic amines) is 1. The van der Waals surface area contributed by atoms with Gasteiger partial charge in [-0.05, 0) is 19.3 Å². The van der Waals surface area contributed by atoms with E-state index in [9.17, 15) is 9.59 Å². The summed E-state index contributed by atoms with van der Waals surface area (Å²) in [6.45, 7) is 4.20. The summed E-state index contributed by atoms with van der Waals surface area (Å²) in [5, 5.41) is 3.03. The van der Waals surface area contributed by atoms with Crippen LogP contribution in [-0.2, 0) is 16.0 Å². The molecule has 0 radical (unpaired) electrons. The van der Waals surface area contributed by atoms with Crippen LogP contribution in [0.4, 0.5) is 0 Å². The molecule has 1 N–H and O–H groups in total. The molecular weight excluding hydrogens is 366 g/mol. The fraction of sp³-hybridized carbons (Fsp3) is 0.522. The van der Waals surface area contributed by atoms with Crippen molar-refractivity contribution in [1.29, 1.82) is 0 Å². The van der Waals surface area contributed by atoms with Gasteiger partial charge in [0, 0.05) is 44.0 Å². The Morgan fingerprint density at radius 3 is 2.66 bits per heavy atom. The zero-order valence-electron chi connectivity index (χ0n) is 17.2. The molecule has 1 aromatic carbocycles. The van der Waals surface area contributed by atoms with Crippen molar-refractivity contribution >= 4 is 11.8 Å². The minimum atomic E-state index is 0.0286. The van der Waals surface area contributed by atoms with E-state index < -0.39 is 0 Å². The summed E-state index contributed by atoms with van der Waals surface area (Å²) >= 11 is 0. The lowest BCUT2D eigenvalue weighted by atomic mass is 9.95. The monoisotopic (exact) mass is 397 g/mol. The lowest BCUT2D eigenvalue weighted by molar-refractivity contribution is -0.135. The molecule has 6 nitrogen and oxygen atoms in total. The normalized spacial score (nSPS) is 14.7. The van der Waals surface area contributed by atoms with Gasteiger partial charge < -0.3 is 14.6 Å². The van der Waals surface area contributed by atoms with Crippen molar-refractivity contribution in [1.82, 2.24) is 15.2 Å². The molecule has 1 aromatic heterocycles. The van der Waals surface area contributed by atoms with Crippen LogP contribution in [0.25, 0.3) is 11.3 Å². The summed E-state index contributed by atoms with van der Waals surface area (Å²) in [5.41, 5.74) is 0.979. The maximum absolute atomic E-state index is 12.5. The highest BCUT2D eigenvalue weighted by molar-refractivity contribution is 5.80. The summed E-state index contributed by atoms with van der Waals surface area (Å²) in [7, 11) is 0. The van der Waals surface area contributed by atoms with Gasteiger partial charge in [0.15, 0.2) is 11.7 Å². The number of hydrogen-bond donors (Lipinski definition) is 1. The number of unbranched alkanes of at least 4 members (excludes halogenated alkanes) is 2. The number of hydrogen-bond acceptors (Lipinski definition) is 4. The first kappa shape index (κ1) is 21.1. The summed E-state index contributed by atoms with van der Waals surface area (Å²) in [6, 6.07) is 9.81. The minimum absolute atomic E-state index is 0.0286. The standard InChI is InChI=1S/C23H31N3O3/c1-2-3-7-14-24-23(28)19-12-15-26(16-13-19)22(27)11-10-21-25-17-20(29-21)18-8-5-4-6-9-18/h4-6,8-9,17,19H,2-3,7,10-16H2,1H3,(H,24,28). The fourth-order valence-corrected chi connectivity index (χ4v) is 3.66. The zero-order chi connectivity index (χ0) is 20.5. The molecule has 2 aromatic rings. The molecule has 2 amide bonds. The first-order valence-corrected chi connectivity index (χ1v) is 10.7. The number of aromatic nitrogens is 1. The second-order valence-electron chi connectivity index (χ2n) is 7.64. The molecule has 0 unspecified atom stereocenters. The average molecular weight is 398 g/mol. The smallest absolute Gasteiger partial charge is 0.223 e. The highest BCUT2D eigenvalue weighted by atomic mass is 16.4. The molecule has 1 aliphatic heterocycles. The van der Waals surface area contributed by atoms with Gasteiger partial charge in [-0.15, -0.1) is 0 Å². The molecule has 156 valence electrons. The van der Waals surface area contributed by atoms with Crippen LogP contribution in [-0.4, -0.2) is 41.3 Å². The van der Waals surface area contributed by atoms with Gasteiger partial charge in [0.05, 0.1) is 6.20 Å². The quantitative estimate of drug-likeness (QED) is 0.653. The van der Waals surface area contributed by atoms with Crippen LogP contribution in [0.1, 0.15) is 51.3 Å². The van der Waals surface area contributed by atoms with E-state index in [-0.39, 0.29) is 17.7 Å². The molecular formula is C23H31N3O3. The number of oxazole rings is 1. The Hall–Kier alpha value is -2.63. The summed E-state index contributed by atoms with van der Waals surface area (Å²) in [5.74, 6) is 1.57. The number of aryl methyl sites for hydroxylation is 1. The highest BCUT2D eigenvalue weighted by Gasteiger charge is 2.27. The predicted octanol–water partition coefficient (Wildman–Crippen LogP) is 3.82. The van der Waals surface area contributed by atoms with Crippen LogP contribution < -0.4 is 5.32 Å². The summed E-state index contributed by atoms with van der Waals surface area (Å²) in [4.78, 5) is 30.9. The Bertz CT molecular complexity index is 780. The molecule has 1 fully saturated rings. The van der Waals surface area contributed by atoms with E-state index in [1.807, 2.05) is 35.2 Å². The summed E-state index contributed by atoms with van der Waals surface area (Å²) < 4.78 is 5.78. The van der Waals surface area contributed by atoms with Crippen molar-refractivity contribution in [3.05, 3.63) is 42.4 Å². The first-order chi connectivity index (χ1) is 14.2. The van der Waals surface area contributed by atoms with Crippen LogP contribution >= 0.6 is 0 Å². The van der Waals surface area contributed by atoms with Gasteiger partial charge in [-0.3, -0.25) is 9.59 Å². The lowest BCUT2D eigenvalue weighted by Gasteiger charge is -2.31. The third kappa shape index (κ3) is 6.17. The molecule has 0 aliphatic carbocycles. The van der Waals surface area contributed by atoms with Crippen LogP contribution in [0.3, 0.4) is 0 Å². The number of benzene rings is 1. The van der Waals surface area contributed by atoms with Crippen molar-refractivity contribution in [3.63, 3.8) is 0 Å². The molecule has 1 aliphatic rings. The summed E-state index contributed by atoms with van der Waals surface area (Å²) in [6.07, 6.45) is 7.38. The molecule has 2 heterocycles. The number of carbonyl (C=O) groups excluding carboxylic acids is 2. The van der Waals surface area contributed by atoms with Gasteiger partial charge in [0.25, 0.3) is 0 Å². The van der Waals surface area contributed by atoms with Crippen LogP contribution in [0, 0.1) is 5.92 Å². The van der Waals surface area contributed by atoms with Crippen molar-refractivity contribution in [2.24, 2.45) is 5.92 Å². The SMILES string of the molecule is CCCCCNC(=O)C1CCN(C(=O)CCc2ncc(-c3ccccc3)o2)CC1. The van der Waals surface area contributed by atoms with Crippen LogP contribution in [0.15, 0.2) is 40.9 Å². The van der Waals surface area contributed by atoms with Gasteiger partial charge in [-0.2, -0.15) is 0 Å². The van der Waals surface area contributed by atoms with Crippen molar-refractivity contribution in [2.75, 3.05) is 19.6 Å². The number of rotatable bonds is 9. The van der Waals surface area contributed by atoms with E-state index in [4.69, 9.17) is 4.42 Å². The number of nitrogens with one attached hydrogen (secondary N) is 1. The van der Waals surface area contributed by atoms with E-state index in [2.05, 4.69) is 17.2 Å². The largest absolute Gasteiger partial charge is 0.441 e. The third-order valence-electron chi connectivity index (χ3n) is 5.46. The molecule has 1 saturated heterocycles. The van der Waals surface area contributed by atoms with Gasteiger partial charge in [0.2, 0.25) is 11.8 Å². The van der Waals surface area contributed by atoms with E-state index in [1.165, 1.54) is 0 Å². The van der Waals surface area contributed by atoms with E-state index in [1.54, 1.807) is 6.20 Å². The number of nitrogens with zero attached hydrogens (tertiary/aromatic N) is 2. The topological polar surface area (TPSA) is 75.4 Å². The minimum Gasteiger partial charge on any atom is -0.441 e. The van der Waals surface area contributed by atoms with Crippen LogP contribution in [0.5, 0.6) is 0 Å². The Morgan fingerprint density at radius 2 is 1.93 bits per heavy atom. The molecule has 0 atom stereocenters. The van der Waals surface area contributed by atoms with E-state index in [0.29, 0.717) is 31.8 Å². The van der Waals surface area contributed by atoms with Gasteiger partial charge in [-0.25, -0.2) is 4.98 Å². The maximum atomic E-state index is 12.5.